The van der Waals surface area contributed by atoms with E-state index in [-0.39, 0.29) is 18.5 Å². The van der Waals surface area contributed by atoms with E-state index in [0.29, 0.717) is 0 Å². The molecular formula is C16H18N6O. The van der Waals surface area contributed by atoms with Gasteiger partial charge in [0.15, 0.2) is 0 Å². The van der Waals surface area contributed by atoms with Crippen molar-refractivity contribution in [2.75, 3.05) is 6.54 Å². The van der Waals surface area contributed by atoms with Crippen molar-refractivity contribution in [2.45, 2.75) is 32.0 Å². The second-order valence-electron chi connectivity index (χ2n) is 5.85. The van der Waals surface area contributed by atoms with Crippen molar-refractivity contribution >= 4 is 16.9 Å². The highest BCUT2D eigenvalue weighted by Gasteiger charge is 2.29. The number of benzene rings is 1. The largest absolute Gasteiger partial charge is 0.336 e. The van der Waals surface area contributed by atoms with Crippen LogP contribution in [0.2, 0.25) is 0 Å². The van der Waals surface area contributed by atoms with Crippen molar-refractivity contribution in [1.82, 2.24) is 29.7 Å². The number of carbonyl (C=O) groups is 1. The van der Waals surface area contributed by atoms with Gasteiger partial charge in [0.2, 0.25) is 5.91 Å². The summed E-state index contributed by atoms with van der Waals surface area (Å²) in [6.07, 6.45) is 5.76. The van der Waals surface area contributed by atoms with Crippen molar-refractivity contribution in [3.8, 4) is 0 Å². The molecule has 1 aromatic carbocycles. The van der Waals surface area contributed by atoms with Gasteiger partial charge in [0, 0.05) is 18.9 Å². The van der Waals surface area contributed by atoms with Gasteiger partial charge in [0.1, 0.15) is 12.1 Å². The lowest BCUT2D eigenvalue weighted by molar-refractivity contribution is -0.133. The minimum absolute atomic E-state index is 0.0929. The van der Waals surface area contributed by atoms with Crippen LogP contribution < -0.4 is 0 Å². The second-order valence-corrected chi connectivity index (χ2v) is 5.85. The predicted octanol–water partition coefficient (Wildman–Crippen LogP) is 1.32. The van der Waals surface area contributed by atoms with Crippen LogP contribution in [0.1, 0.15) is 12.8 Å². The number of para-hydroxylation sites is 1. The SMILES string of the molecule is O=C(Cn1nnc2ccccc21)N1CCCC1Cn1cccn1. The summed E-state index contributed by atoms with van der Waals surface area (Å²) < 4.78 is 3.57. The van der Waals surface area contributed by atoms with Gasteiger partial charge in [0.05, 0.1) is 18.1 Å². The lowest BCUT2D eigenvalue weighted by Gasteiger charge is -2.24. The van der Waals surface area contributed by atoms with Gasteiger partial charge < -0.3 is 4.90 Å². The minimum Gasteiger partial charge on any atom is -0.336 e. The first kappa shape index (κ1) is 13.9. The number of carbonyl (C=O) groups excluding carboxylic acids is 1. The smallest absolute Gasteiger partial charge is 0.244 e. The fourth-order valence-electron chi connectivity index (χ4n) is 3.23. The van der Waals surface area contributed by atoms with Gasteiger partial charge in [-0.2, -0.15) is 5.10 Å². The highest BCUT2D eigenvalue weighted by Crippen LogP contribution is 2.20. The normalized spacial score (nSPS) is 17.9. The minimum atomic E-state index is 0.0929. The average Bonchev–Trinajstić information content (AvgIpc) is 3.29. The third-order valence-corrected chi connectivity index (χ3v) is 4.36. The van der Waals surface area contributed by atoms with Crippen LogP contribution in [0.25, 0.3) is 11.0 Å². The maximum Gasteiger partial charge on any atom is 0.244 e. The van der Waals surface area contributed by atoms with E-state index < -0.39 is 0 Å². The Balaban J connectivity index is 1.49. The van der Waals surface area contributed by atoms with Gasteiger partial charge in [0.25, 0.3) is 0 Å². The first-order valence-corrected chi connectivity index (χ1v) is 7.86. The summed E-state index contributed by atoms with van der Waals surface area (Å²) in [6.45, 7) is 1.78. The molecule has 3 aromatic rings. The van der Waals surface area contributed by atoms with Gasteiger partial charge in [-0.3, -0.25) is 9.48 Å². The van der Waals surface area contributed by atoms with Crippen LogP contribution in [0.15, 0.2) is 42.7 Å². The molecule has 0 radical (unpaired) electrons. The van der Waals surface area contributed by atoms with E-state index in [1.54, 1.807) is 10.9 Å². The van der Waals surface area contributed by atoms with Gasteiger partial charge in [-0.25, -0.2) is 4.68 Å². The van der Waals surface area contributed by atoms with Crippen molar-refractivity contribution in [2.24, 2.45) is 0 Å². The van der Waals surface area contributed by atoms with Gasteiger partial charge in [-0.15, -0.1) is 5.10 Å². The Morgan fingerprint density at radius 3 is 3.04 bits per heavy atom. The molecule has 4 rings (SSSR count). The zero-order valence-corrected chi connectivity index (χ0v) is 12.7. The Kier molecular flexibility index (Phi) is 3.53. The van der Waals surface area contributed by atoms with Crippen LogP contribution in [0.3, 0.4) is 0 Å². The maximum atomic E-state index is 12.7. The Morgan fingerprint density at radius 1 is 1.26 bits per heavy atom. The molecule has 1 amide bonds. The summed E-state index contributed by atoms with van der Waals surface area (Å²) in [5, 5.41) is 12.5. The quantitative estimate of drug-likeness (QED) is 0.729. The highest BCUT2D eigenvalue weighted by atomic mass is 16.2. The van der Waals surface area contributed by atoms with Crippen LogP contribution in [0.5, 0.6) is 0 Å². The molecule has 0 spiro atoms. The lowest BCUT2D eigenvalue weighted by Crippen LogP contribution is -2.40. The average molecular weight is 310 g/mol. The number of aromatic nitrogens is 5. The molecule has 1 aliphatic heterocycles. The molecule has 1 unspecified atom stereocenters. The zero-order chi connectivity index (χ0) is 15.6. The molecule has 0 N–H and O–H groups in total. The Labute approximate surface area is 133 Å². The van der Waals surface area contributed by atoms with E-state index in [2.05, 4.69) is 15.4 Å². The molecule has 1 saturated heterocycles. The molecule has 7 nitrogen and oxygen atoms in total. The van der Waals surface area contributed by atoms with Crippen LogP contribution in [-0.4, -0.2) is 48.2 Å². The standard InChI is InChI=1S/C16H18N6O/c23-16(12-22-15-7-2-1-6-14(15)18-19-22)21-10-3-5-13(21)11-20-9-4-8-17-20/h1-2,4,6-9,13H,3,5,10-12H2. The Hall–Kier alpha value is -2.70. The predicted molar refractivity (Wildman–Crippen MR) is 84.5 cm³/mol. The van der Waals surface area contributed by atoms with Gasteiger partial charge in [-0.05, 0) is 31.0 Å². The Morgan fingerprint density at radius 2 is 2.17 bits per heavy atom. The third-order valence-electron chi connectivity index (χ3n) is 4.36. The fraction of sp³-hybridized carbons (Fsp3) is 0.375. The van der Waals surface area contributed by atoms with Crippen molar-refractivity contribution < 1.29 is 4.79 Å². The summed E-state index contributed by atoms with van der Waals surface area (Å²) in [6, 6.07) is 9.81. The summed E-state index contributed by atoms with van der Waals surface area (Å²) in [7, 11) is 0. The van der Waals surface area contributed by atoms with Crippen LogP contribution >= 0.6 is 0 Å². The van der Waals surface area contributed by atoms with E-state index in [4.69, 9.17) is 0 Å². The second kappa shape index (κ2) is 5.83. The lowest BCUT2D eigenvalue weighted by atomic mass is 10.2. The fourth-order valence-corrected chi connectivity index (χ4v) is 3.23. The molecule has 3 heterocycles. The van der Waals surface area contributed by atoms with Crippen LogP contribution in [-0.2, 0) is 17.9 Å². The van der Waals surface area contributed by atoms with E-state index in [0.717, 1.165) is 37.0 Å². The zero-order valence-electron chi connectivity index (χ0n) is 12.7. The van der Waals surface area contributed by atoms with Crippen LogP contribution in [0, 0.1) is 0 Å². The molecule has 2 aromatic heterocycles. The van der Waals surface area contributed by atoms with Crippen molar-refractivity contribution in [1.29, 1.82) is 0 Å². The van der Waals surface area contributed by atoms with E-state index in [1.165, 1.54) is 0 Å². The number of nitrogens with zero attached hydrogens (tertiary/aromatic N) is 6. The number of amides is 1. The molecule has 0 saturated carbocycles. The monoisotopic (exact) mass is 310 g/mol. The molecule has 0 aliphatic carbocycles. The molecule has 1 atom stereocenters. The molecule has 0 bridgehead atoms. The van der Waals surface area contributed by atoms with Gasteiger partial charge >= 0.3 is 0 Å². The Bertz CT molecular complexity index is 809. The molecular weight excluding hydrogens is 292 g/mol. The van der Waals surface area contributed by atoms with Crippen molar-refractivity contribution in [3.63, 3.8) is 0 Å². The van der Waals surface area contributed by atoms with E-state index >= 15 is 0 Å². The van der Waals surface area contributed by atoms with E-state index in [9.17, 15) is 4.79 Å². The summed E-state index contributed by atoms with van der Waals surface area (Å²) >= 11 is 0. The number of hydrogen-bond acceptors (Lipinski definition) is 4. The topological polar surface area (TPSA) is 68.8 Å². The molecule has 1 aliphatic rings. The van der Waals surface area contributed by atoms with Gasteiger partial charge in [-0.1, -0.05) is 17.3 Å². The van der Waals surface area contributed by atoms with Crippen LogP contribution in [0.4, 0.5) is 0 Å². The maximum absolute atomic E-state index is 12.7. The summed E-state index contributed by atoms with van der Waals surface area (Å²) in [5.41, 5.74) is 1.71. The molecule has 23 heavy (non-hydrogen) atoms. The highest BCUT2D eigenvalue weighted by molar-refractivity contribution is 5.80. The number of likely N-dealkylation sites (tertiary alicyclic amines) is 1. The summed E-state index contributed by atoms with van der Waals surface area (Å²) in [4.78, 5) is 14.7. The first-order valence-electron chi connectivity index (χ1n) is 7.86. The number of rotatable bonds is 4. The molecule has 7 heteroatoms. The number of fused-ring (bicyclic) bond motifs is 1. The number of hydrogen-bond donors (Lipinski definition) is 0. The summed E-state index contributed by atoms with van der Waals surface area (Å²) in [5.74, 6) is 0.0929. The molecule has 1 fully saturated rings. The molecule has 118 valence electrons. The van der Waals surface area contributed by atoms with Crippen molar-refractivity contribution in [3.05, 3.63) is 42.7 Å². The van der Waals surface area contributed by atoms with E-state index in [1.807, 2.05) is 46.1 Å². The third kappa shape index (κ3) is 2.69. The first-order chi connectivity index (χ1) is 11.3.